The van der Waals surface area contributed by atoms with Crippen molar-refractivity contribution in [3.8, 4) is 0 Å². The molecule has 5 nitrogen and oxygen atoms in total. The molecule has 1 aliphatic heterocycles. The van der Waals surface area contributed by atoms with Gasteiger partial charge in [-0.1, -0.05) is 11.6 Å². The molecule has 0 bridgehead atoms. The number of carbonyl (C=O) groups excluding carboxylic acids is 2. The van der Waals surface area contributed by atoms with E-state index >= 15 is 0 Å². The largest absolute Gasteiger partial charge is 0.481 e. The first-order valence-corrected chi connectivity index (χ1v) is 7.59. The average molecular weight is 324 g/mol. The van der Waals surface area contributed by atoms with E-state index in [9.17, 15) is 14.4 Å². The molecule has 1 amide bonds. The maximum atomic E-state index is 12.4. The standard InChI is InChI=1S/C16H18ClNO4/c1-10(16(21)22)15(20)18-8-6-12(7-9-18)14(19)11-2-4-13(17)5-3-11/h2-5,10,12H,6-9H2,1H3,(H,21,22). The minimum absolute atomic E-state index is 0.0510. The molecule has 22 heavy (non-hydrogen) atoms. The molecule has 1 fully saturated rings. The van der Waals surface area contributed by atoms with Crippen LogP contribution in [0.1, 0.15) is 30.1 Å². The number of carbonyl (C=O) groups is 3. The van der Waals surface area contributed by atoms with Crippen LogP contribution in [0.25, 0.3) is 0 Å². The zero-order valence-corrected chi connectivity index (χ0v) is 13.0. The Morgan fingerprint density at radius 3 is 2.23 bits per heavy atom. The quantitative estimate of drug-likeness (QED) is 0.682. The number of halogens is 1. The Hall–Kier alpha value is -1.88. The van der Waals surface area contributed by atoms with Gasteiger partial charge < -0.3 is 10.0 Å². The van der Waals surface area contributed by atoms with Crippen LogP contribution in [0.5, 0.6) is 0 Å². The van der Waals surface area contributed by atoms with Crippen LogP contribution in [0.15, 0.2) is 24.3 Å². The molecule has 0 aliphatic carbocycles. The third kappa shape index (κ3) is 3.65. The molecular formula is C16H18ClNO4. The van der Waals surface area contributed by atoms with Crippen molar-refractivity contribution in [1.82, 2.24) is 4.90 Å². The van der Waals surface area contributed by atoms with Crippen LogP contribution in [0.4, 0.5) is 0 Å². The maximum absolute atomic E-state index is 12.4. The summed E-state index contributed by atoms with van der Waals surface area (Å²) in [5, 5.41) is 9.46. The van der Waals surface area contributed by atoms with Gasteiger partial charge in [-0.05, 0) is 44.0 Å². The fraction of sp³-hybridized carbons (Fsp3) is 0.438. The van der Waals surface area contributed by atoms with Gasteiger partial charge in [0, 0.05) is 29.6 Å². The Kier molecular flexibility index (Phi) is 5.19. The molecule has 118 valence electrons. The number of aliphatic carboxylic acids is 1. The van der Waals surface area contributed by atoms with Gasteiger partial charge in [-0.2, -0.15) is 0 Å². The molecule has 0 aromatic heterocycles. The second-order valence-corrected chi connectivity index (χ2v) is 5.97. The third-order valence-corrected chi connectivity index (χ3v) is 4.30. The number of hydrogen-bond acceptors (Lipinski definition) is 3. The SMILES string of the molecule is CC(C(=O)O)C(=O)N1CCC(C(=O)c2ccc(Cl)cc2)CC1. The molecule has 1 unspecified atom stereocenters. The van der Waals surface area contributed by atoms with E-state index in [4.69, 9.17) is 16.7 Å². The summed E-state index contributed by atoms with van der Waals surface area (Å²) in [6.45, 7) is 2.22. The van der Waals surface area contributed by atoms with Gasteiger partial charge in [0.2, 0.25) is 5.91 Å². The summed E-state index contributed by atoms with van der Waals surface area (Å²) in [6, 6.07) is 6.77. The number of likely N-dealkylation sites (tertiary alicyclic amines) is 1. The average Bonchev–Trinajstić information content (AvgIpc) is 2.53. The molecular weight excluding hydrogens is 306 g/mol. The number of nitrogens with zero attached hydrogens (tertiary/aromatic N) is 1. The van der Waals surface area contributed by atoms with Crippen LogP contribution in [0.3, 0.4) is 0 Å². The molecule has 6 heteroatoms. The highest BCUT2D eigenvalue weighted by Gasteiger charge is 2.31. The number of rotatable bonds is 4. The van der Waals surface area contributed by atoms with E-state index in [-0.39, 0.29) is 17.6 Å². The van der Waals surface area contributed by atoms with E-state index in [1.165, 1.54) is 11.8 Å². The smallest absolute Gasteiger partial charge is 0.315 e. The number of carboxylic acid groups (broad SMARTS) is 1. The first kappa shape index (κ1) is 16.5. The lowest BCUT2D eigenvalue weighted by Gasteiger charge is -2.32. The summed E-state index contributed by atoms with van der Waals surface area (Å²) in [5.74, 6) is -2.63. The Morgan fingerprint density at radius 2 is 1.73 bits per heavy atom. The van der Waals surface area contributed by atoms with Crippen LogP contribution < -0.4 is 0 Å². The molecule has 1 atom stereocenters. The van der Waals surface area contributed by atoms with E-state index in [0.29, 0.717) is 36.5 Å². The van der Waals surface area contributed by atoms with Gasteiger partial charge >= 0.3 is 5.97 Å². The van der Waals surface area contributed by atoms with Crippen LogP contribution in [0.2, 0.25) is 5.02 Å². The van der Waals surface area contributed by atoms with Crippen molar-refractivity contribution in [3.63, 3.8) is 0 Å². The first-order chi connectivity index (χ1) is 10.4. The molecule has 1 heterocycles. The minimum atomic E-state index is -1.12. The summed E-state index contributed by atoms with van der Waals surface area (Å²) in [7, 11) is 0. The van der Waals surface area contributed by atoms with Gasteiger partial charge in [0.15, 0.2) is 5.78 Å². The van der Waals surface area contributed by atoms with E-state index in [0.717, 1.165) is 0 Å². The predicted molar refractivity (Wildman–Crippen MR) is 81.9 cm³/mol. The summed E-state index contributed by atoms with van der Waals surface area (Å²) >= 11 is 5.81. The third-order valence-electron chi connectivity index (χ3n) is 4.05. The molecule has 0 spiro atoms. The highest BCUT2D eigenvalue weighted by Crippen LogP contribution is 2.23. The summed E-state index contributed by atoms with van der Waals surface area (Å²) in [5.41, 5.74) is 0.619. The van der Waals surface area contributed by atoms with Gasteiger partial charge in [-0.25, -0.2) is 0 Å². The minimum Gasteiger partial charge on any atom is -0.481 e. The lowest BCUT2D eigenvalue weighted by molar-refractivity contribution is -0.150. The van der Waals surface area contributed by atoms with E-state index in [1.54, 1.807) is 24.3 Å². The summed E-state index contributed by atoms with van der Waals surface area (Å²) < 4.78 is 0. The van der Waals surface area contributed by atoms with Crippen molar-refractivity contribution < 1.29 is 19.5 Å². The molecule has 1 saturated heterocycles. The first-order valence-electron chi connectivity index (χ1n) is 7.21. The van der Waals surface area contributed by atoms with Crippen LogP contribution in [-0.4, -0.2) is 40.8 Å². The van der Waals surface area contributed by atoms with Crippen molar-refractivity contribution >= 4 is 29.3 Å². The number of carboxylic acids is 1. The van der Waals surface area contributed by atoms with E-state index < -0.39 is 11.9 Å². The molecule has 0 saturated carbocycles. The van der Waals surface area contributed by atoms with Crippen molar-refractivity contribution in [2.45, 2.75) is 19.8 Å². The van der Waals surface area contributed by atoms with E-state index in [1.807, 2.05) is 0 Å². The lowest BCUT2D eigenvalue weighted by atomic mass is 9.88. The van der Waals surface area contributed by atoms with Crippen LogP contribution in [0, 0.1) is 11.8 Å². The van der Waals surface area contributed by atoms with Gasteiger partial charge in [0.05, 0.1) is 0 Å². The second kappa shape index (κ2) is 6.92. The van der Waals surface area contributed by atoms with E-state index in [2.05, 4.69) is 0 Å². The lowest BCUT2D eigenvalue weighted by Crippen LogP contribution is -2.44. The van der Waals surface area contributed by atoms with Crippen molar-refractivity contribution in [1.29, 1.82) is 0 Å². The number of ketones is 1. The van der Waals surface area contributed by atoms with Crippen molar-refractivity contribution in [2.24, 2.45) is 11.8 Å². The number of piperidine rings is 1. The Labute approximate surface area is 133 Å². The Morgan fingerprint density at radius 1 is 1.18 bits per heavy atom. The van der Waals surface area contributed by atoms with Crippen LogP contribution in [-0.2, 0) is 9.59 Å². The van der Waals surface area contributed by atoms with Gasteiger partial charge in [-0.3, -0.25) is 14.4 Å². The topological polar surface area (TPSA) is 74.7 Å². The molecule has 1 aliphatic rings. The monoisotopic (exact) mass is 323 g/mol. The van der Waals surface area contributed by atoms with Crippen molar-refractivity contribution in [3.05, 3.63) is 34.9 Å². The normalized spacial score (nSPS) is 17.1. The van der Waals surface area contributed by atoms with Gasteiger partial charge in [0.25, 0.3) is 0 Å². The van der Waals surface area contributed by atoms with Gasteiger partial charge in [0.1, 0.15) is 5.92 Å². The fourth-order valence-corrected chi connectivity index (χ4v) is 2.72. The Bertz CT molecular complexity index is 576. The molecule has 1 aromatic rings. The predicted octanol–water partition coefficient (Wildman–Crippen LogP) is 2.48. The zero-order chi connectivity index (χ0) is 16.3. The molecule has 2 rings (SSSR count). The number of Topliss-reactive ketones (excluding diaryl/α,β-unsaturated/α-hetero) is 1. The zero-order valence-electron chi connectivity index (χ0n) is 12.3. The second-order valence-electron chi connectivity index (χ2n) is 5.53. The highest BCUT2D eigenvalue weighted by atomic mass is 35.5. The number of benzene rings is 1. The molecule has 1 aromatic carbocycles. The molecule has 0 radical (unpaired) electrons. The molecule has 1 N–H and O–H groups in total. The number of hydrogen-bond donors (Lipinski definition) is 1. The van der Waals surface area contributed by atoms with Crippen LogP contribution >= 0.6 is 11.6 Å². The summed E-state index contributed by atoms with van der Waals surface area (Å²) in [6.07, 6.45) is 1.11. The fourth-order valence-electron chi connectivity index (χ4n) is 2.59. The maximum Gasteiger partial charge on any atom is 0.315 e. The van der Waals surface area contributed by atoms with Crippen molar-refractivity contribution in [2.75, 3.05) is 13.1 Å². The highest BCUT2D eigenvalue weighted by molar-refractivity contribution is 6.30. The van der Waals surface area contributed by atoms with Gasteiger partial charge in [-0.15, -0.1) is 0 Å². The number of amides is 1. The summed E-state index contributed by atoms with van der Waals surface area (Å²) in [4.78, 5) is 36.7. The Balaban J connectivity index is 1.94.